The molecule has 1 unspecified atom stereocenters. The predicted molar refractivity (Wildman–Crippen MR) is 173 cm³/mol. The molecule has 0 aromatic heterocycles. The molecular formula is C36H41N3O6. The smallest absolute Gasteiger partial charge is 0.328 e. The first-order valence-electron chi connectivity index (χ1n) is 15.0. The number of benzene rings is 3. The van der Waals surface area contributed by atoms with Crippen LogP contribution in [-0.4, -0.2) is 57.4 Å². The Morgan fingerprint density at radius 1 is 0.933 bits per heavy atom. The van der Waals surface area contributed by atoms with Crippen molar-refractivity contribution in [1.82, 2.24) is 15.1 Å². The quantitative estimate of drug-likeness (QED) is 0.177. The summed E-state index contributed by atoms with van der Waals surface area (Å²) >= 11 is 0. The van der Waals surface area contributed by atoms with Gasteiger partial charge in [0.2, 0.25) is 5.91 Å². The Hall–Kier alpha value is -4.92. The Morgan fingerprint density at radius 3 is 2.18 bits per heavy atom. The number of carboxylic acids is 1. The number of rotatable bonds is 13. The van der Waals surface area contributed by atoms with Crippen LogP contribution >= 0.6 is 0 Å². The van der Waals surface area contributed by atoms with Gasteiger partial charge in [-0.1, -0.05) is 92.7 Å². The molecule has 0 bridgehead atoms. The van der Waals surface area contributed by atoms with E-state index in [1.807, 2.05) is 80.6 Å². The number of methoxy groups -OCH3 is 1. The molecule has 3 aromatic carbocycles. The van der Waals surface area contributed by atoms with Crippen LogP contribution in [0.2, 0.25) is 0 Å². The SMILES string of the molecule is COc1cccc(C(CC(=O)O)NC(=O)[C@H](CC(C)C)N2C(=O)N(Cc3ccc(C=Cc4ccccc4)cc3)C(C)(C)C2=O)c1. The van der Waals surface area contributed by atoms with E-state index < -0.39 is 41.4 Å². The fourth-order valence-corrected chi connectivity index (χ4v) is 5.41. The molecule has 236 valence electrons. The van der Waals surface area contributed by atoms with E-state index in [9.17, 15) is 24.3 Å². The van der Waals surface area contributed by atoms with Gasteiger partial charge in [-0.05, 0) is 60.6 Å². The van der Waals surface area contributed by atoms with Crippen LogP contribution in [0, 0.1) is 5.92 Å². The number of nitrogens with one attached hydrogen (secondary N) is 1. The van der Waals surface area contributed by atoms with Crippen molar-refractivity contribution in [2.24, 2.45) is 5.92 Å². The molecule has 45 heavy (non-hydrogen) atoms. The second-order valence-corrected chi connectivity index (χ2v) is 12.2. The highest BCUT2D eigenvalue weighted by Crippen LogP contribution is 2.33. The van der Waals surface area contributed by atoms with Crippen LogP contribution in [0.25, 0.3) is 12.2 Å². The molecule has 9 heteroatoms. The topological polar surface area (TPSA) is 116 Å². The lowest BCUT2D eigenvalue weighted by Gasteiger charge is -2.29. The molecule has 1 saturated heterocycles. The Kier molecular flexibility index (Phi) is 10.4. The molecule has 0 spiro atoms. The average Bonchev–Trinajstić information content (AvgIpc) is 3.18. The lowest BCUT2D eigenvalue weighted by Crippen LogP contribution is -2.52. The lowest BCUT2D eigenvalue weighted by atomic mass is 9.97. The maximum atomic E-state index is 13.9. The minimum Gasteiger partial charge on any atom is -0.497 e. The largest absolute Gasteiger partial charge is 0.497 e. The zero-order valence-corrected chi connectivity index (χ0v) is 26.4. The van der Waals surface area contributed by atoms with Crippen LogP contribution < -0.4 is 10.1 Å². The number of amides is 4. The minimum atomic E-state index is -1.20. The zero-order valence-electron chi connectivity index (χ0n) is 26.4. The summed E-state index contributed by atoms with van der Waals surface area (Å²) in [5.41, 5.74) is 2.25. The summed E-state index contributed by atoms with van der Waals surface area (Å²) in [4.78, 5) is 55.9. The van der Waals surface area contributed by atoms with Crippen LogP contribution in [0.4, 0.5) is 4.79 Å². The molecule has 1 heterocycles. The lowest BCUT2D eigenvalue weighted by molar-refractivity contribution is -0.140. The van der Waals surface area contributed by atoms with Gasteiger partial charge in [0.05, 0.1) is 19.6 Å². The van der Waals surface area contributed by atoms with E-state index in [-0.39, 0.29) is 25.3 Å². The Bertz CT molecular complexity index is 1550. The molecule has 2 atom stereocenters. The van der Waals surface area contributed by atoms with Crippen LogP contribution in [0.3, 0.4) is 0 Å². The molecule has 1 aliphatic rings. The van der Waals surface area contributed by atoms with Crippen LogP contribution in [-0.2, 0) is 20.9 Å². The summed E-state index contributed by atoms with van der Waals surface area (Å²) in [7, 11) is 1.50. The van der Waals surface area contributed by atoms with E-state index in [4.69, 9.17) is 4.74 Å². The van der Waals surface area contributed by atoms with Gasteiger partial charge in [0.1, 0.15) is 17.3 Å². The maximum Gasteiger partial charge on any atom is 0.328 e. The Labute approximate surface area is 264 Å². The Morgan fingerprint density at radius 2 is 1.58 bits per heavy atom. The number of hydrogen-bond donors (Lipinski definition) is 2. The van der Waals surface area contributed by atoms with Gasteiger partial charge in [-0.15, -0.1) is 0 Å². The molecule has 0 aliphatic carbocycles. The summed E-state index contributed by atoms with van der Waals surface area (Å²) in [5, 5.41) is 12.4. The van der Waals surface area contributed by atoms with Crippen molar-refractivity contribution < 1.29 is 29.0 Å². The molecule has 0 radical (unpaired) electrons. The van der Waals surface area contributed by atoms with Crippen molar-refractivity contribution >= 4 is 36.0 Å². The van der Waals surface area contributed by atoms with Crippen LogP contribution in [0.5, 0.6) is 5.75 Å². The van der Waals surface area contributed by atoms with Gasteiger partial charge in [0.15, 0.2) is 0 Å². The molecule has 1 fully saturated rings. The second-order valence-electron chi connectivity index (χ2n) is 12.2. The second kappa shape index (κ2) is 14.2. The van der Waals surface area contributed by atoms with E-state index in [0.29, 0.717) is 11.3 Å². The highest BCUT2D eigenvalue weighted by atomic mass is 16.5. The van der Waals surface area contributed by atoms with Gasteiger partial charge >= 0.3 is 12.0 Å². The van der Waals surface area contributed by atoms with Crippen LogP contribution in [0.1, 0.15) is 68.8 Å². The van der Waals surface area contributed by atoms with Crippen molar-refractivity contribution in [3.05, 3.63) is 101 Å². The van der Waals surface area contributed by atoms with Gasteiger partial charge in [-0.2, -0.15) is 0 Å². The van der Waals surface area contributed by atoms with Crippen molar-refractivity contribution in [2.45, 2.75) is 64.7 Å². The van der Waals surface area contributed by atoms with E-state index >= 15 is 0 Å². The standard InChI is InChI=1S/C36H41N3O6/c1-24(2)20-31(33(42)37-30(22-32(40)41)28-12-9-13-29(21-28)45-5)39-34(43)36(3,4)38(35(39)44)23-27-18-16-26(17-19-27)15-14-25-10-7-6-8-11-25/h6-19,21,24,30-31H,20,22-23H2,1-5H3,(H,37,42)(H,40,41)/t30?,31-/m0/s1. The number of carbonyl (C=O) groups is 4. The molecular weight excluding hydrogens is 570 g/mol. The highest BCUT2D eigenvalue weighted by molar-refractivity contribution is 6.09. The molecule has 4 amide bonds. The van der Waals surface area contributed by atoms with E-state index in [0.717, 1.165) is 21.6 Å². The average molecular weight is 612 g/mol. The Balaban J connectivity index is 1.56. The van der Waals surface area contributed by atoms with Gasteiger partial charge in [0.25, 0.3) is 5.91 Å². The molecule has 4 rings (SSSR count). The number of carbonyl (C=O) groups excluding carboxylic acids is 3. The van der Waals surface area contributed by atoms with Crippen LogP contribution in [0.15, 0.2) is 78.9 Å². The summed E-state index contributed by atoms with van der Waals surface area (Å²) in [6.45, 7) is 7.34. The number of aliphatic carboxylic acids is 1. The van der Waals surface area contributed by atoms with E-state index in [1.165, 1.54) is 12.0 Å². The number of nitrogens with zero attached hydrogens (tertiary/aromatic N) is 2. The predicted octanol–water partition coefficient (Wildman–Crippen LogP) is 6.16. The van der Waals surface area contributed by atoms with E-state index in [1.54, 1.807) is 38.1 Å². The molecule has 3 aromatic rings. The number of hydrogen-bond acceptors (Lipinski definition) is 5. The minimum absolute atomic E-state index is 0.0373. The molecule has 9 nitrogen and oxygen atoms in total. The van der Waals surface area contributed by atoms with E-state index in [2.05, 4.69) is 5.32 Å². The molecule has 1 aliphatic heterocycles. The fraction of sp³-hybridized carbons (Fsp3) is 0.333. The van der Waals surface area contributed by atoms with Crippen molar-refractivity contribution in [3.8, 4) is 5.75 Å². The van der Waals surface area contributed by atoms with Crippen molar-refractivity contribution in [3.63, 3.8) is 0 Å². The van der Waals surface area contributed by atoms with Gasteiger partial charge in [-0.3, -0.25) is 14.4 Å². The highest BCUT2D eigenvalue weighted by Gasteiger charge is 2.54. The fourth-order valence-electron chi connectivity index (χ4n) is 5.41. The number of ether oxygens (including phenoxy) is 1. The number of carboxylic acid groups (broad SMARTS) is 1. The summed E-state index contributed by atoms with van der Waals surface area (Å²) in [6.07, 6.45) is 3.86. The first-order chi connectivity index (χ1) is 21.4. The van der Waals surface area contributed by atoms with Gasteiger partial charge in [-0.25, -0.2) is 9.69 Å². The summed E-state index contributed by atoms with van der Waals surface area (Å²) < 4.78 is 5.28. The normalized spacial score (nSPS) is 15.9. The third-order valence-electron chi connectivity index (χ3n) is 7.94. The van der Waals surface area contributed by atoms with Crippen molar-refractivity contribution in [2.75, 3.05) is 7.11 Å². The number of imide groups is 1. The van der Waals surface area contributed by atoms with Gasteiger partial charge < -0.3 is 20.1 Å². The third-order valence-corrected chi connectivity index (χ3v) is 7.94. The maximum absolute atomic E-state index is 13.9. The number of urea groups is 1. The summed E-state index contributed by atoms with van der Waals surface area (Å²) in [5.74, 6) is -1.70. The summed E-state index contributed by atoms with van der Waals surface area (Å²) in [6, 6.07) is 21.9. The molecule has 0 saturated carbocycles. The first-order valence-corrected chi connectivity index (χ1v) is 15.0. The molecule has 2 N–H and O–H groups in total. The third kappa shape index (κ3) is 7.98. The van der Waals surface area contributed by atoms with Gasteiger partial charge in [0, 0.05) is 6.54 Å². The monoisotopic (exact) mass is 611 g/mol. The first kappa shape index (κ1) is 33.0. The zero-order chi connectivity index (χ0) is 32.7. The van der Waals surface area contributed by atoms with Crippen molar-refractivity contribution in [1.29, 1.82) is 0 Å².